The first-order valence-corrected chi connectivity index (χ1v) is 26.0. The van der Waals surface area contributed by atoms with Gasteiger partial charge in [-0.3, -0.25) is 0 Å². The summed E-state index contributed by atoms with van der Waals surface area (Å²) >= 11 is 0. The maximum absolute atomic E-state index is 4.50. The number of rotatable bonds is 8. The Hall–Kier alpha value is -7.06. The van der Waals surface area contributed by atoms with Crippen LogP contribution in [0.25, 0.3) is 44.5 Å². The van der Waals surface area contributed by atoms with E-state index in [1.54, 1.807) is 0 Å². The lowest BCUT2D eigenvalue weighted by atomic mass is 9.84. The molecular formula is C71H83N. The van der Waals surface area contributed by atoms with Crippen molar-refractivity contribution in [2.24, 2.45) is 5.73 Å². The lowest BCUT2D eigenvalue weighted by Crippen LogP contribution is -2.01. The molecule has 0 aliphatic heterocycles. The van der Waals surface area contributed by atoms with Gasteiger partial charge in [0.15, 0.2) is 0 Å². The second-order valence-electron chi connectivity index (χ2n) is 18.6. The molecule has 0 heterocycles. The molecule has 0 fully saturated rings. The van der Waals surface area contributed by atoms with Gasteiger partial charge in [-0.2, -0.15) is 0 Å². The van der Waals surface area contributed by atoms with E-state index in [0.717, 1.165) is 24.8 Å². The van der Waals surface area contributed by atoms with Gasteiger partial charge in [-0.1, -0.05) is 257 Å². The summed E-state index contributed by atoms with van der Waals surface area (Å²) in [5, 5.41) is 0. The van der Waals surface area contributed by atoms with Crippen LogP contribution < -0.4 is 5.73 Å². The van der Waals surface area contributed by atoms with E-state index in [9.17, 15) is 0 Å². The molecule has 1 aliphatic carbocycles. The molecule has 1 nitrogen and oxygen atoms in total. The van der Waals surface area contributed by atoms with Gasteiger partial charge in [-0.15, -0.1) is 0 Å². The van der Waals surface area contributed by atoms with Crippen molar-refractivity contribution in [2.75, 3.05) is 7.05 Å². The highest BCUT2D eigenvalue weighted by Crippen LogP contribution is 2.36. The number of hydrogen-bond donors (Lipinski definition) is 1. The summed E-state index contributed by atoms with van der Waals surface area (Å²) in [5.41, 5.74) is 31.1. The minimum Gasteiger partial charge on any atom is -0.333 e. The first-order chi connectivity index (χ1) is 34.8. The average molecular weight is 950 g/mol. The molecule has 2 N–H and O–H groups in total. The normalized spacial score (nSPS) is 11.6. The summed E-state index contributed by atoms with van der Waals surface area (Å²) in [7, 11) is 1.50. The SMILES string of the molecule is C=C(C)c1cccc(C)c1.CC.CCc1ccccc1.CN.Cc1ccc(-c2ccc(-c3ccccc3C)c(C)c2)cc1.Cc1cccc(C(C)C2=CCCC(c3ccc(-c4ccccc4C)c(C)c3)=C2)c1. The molecule has 1 atom stereocenters. The summed E-state index contributed by atoms with van der Waals surface area (Å²) in [4.78, 5) is 0. The third kappa shape index (κ3) is 17.1. The molecular weight excluding hydrogens is 867 g/mol. The number of allylic oxidation sites excluding steroid dienone is 5. The van der Waals surface area contributed by atoms with Gasteiger partial charge in [0.25, 0.3) is 0 Å². The van der Waals surface area contributed by atoms with Crippen LogP contribution in [0.15, 0.2) is 212 Å². The van der Waals surface area contributed by atoms with Gasteiger partial charge in [0.05, 0.1) is 0 Å². The summed E-state index contributed by atoms with van der Waals surface area (Å²) in [5.74, 6) is 0.428. The lowest BCUT2D eigenvalue weighted by Gasteiger charge is -2.21. The highest BCUT2D eigenvalue weighted by Gasteiger charge is 2.16. The van der Waals surface area contributed by atoms with Gasteiger partial charge in [-0.05, 0) is 171 Å². The Morgan fingerprint density at radius 3 is 1.46 bits per heavy atom. The largest absolute Gasteiger partial charge is 0.333 e. The molecule has 1 aliphatic rings. The van der Waals surface area contributed by atoms with Crippen molar-refractivity contribution in [3.8, 4) is 33.4 Å². The number of nitrogens with two attached hydrogens (primary N) is 1. The van der Waals surface area contributed by atoms with Crippen LogP contribution in [0.2, 0.25) is 0 Å². The van der Waals surface area contributed by atoms with Gasteiger partial charge in [0.1, 0.15) is 0 Å². The molecule has 9 rings (SSSR count). The van der Waals surface area contributed by atoms with Crippen molar-refractivity contribution in [2.45, 2.75) is 108 Å². The van der Waals surface area contributed by atoms with Gasteiger partial charge < -0.3 is 5.73 Å². The van der Waals surface area contributed by atoms with E-state index in [1.807, 2.05) is 26.8 Å². The Balaban J connectivity index is 0.000000227. The Kier molecular flexibility index (Phi) is 23.9. The third-order valence-electron chi connectivity index (χ3n) is 13.0. The predicted octanol–water partition coefficient (Wildman–Crippen LogP) is 20.0. The van der Waals surface area contributed by atoms with Crippen LogP contribution >= 0.6 is 0 Å². The van der Waals surface area contributed by atoms with Crippen LogP contribution in [-0.4, -0.2) is 7.05 Å². The first kappa shape index (κ1) is 57.5. The molecule has 0 radical (unpaired) electrons. The molecule has 1 heteroatoms. The van der Waals surface area contributed by atoms with Crippen LogP contribution in [0.5, 0.6) is 0 Å². The Morgan fingerprint density at radius 2 is 0.972 bits per heavy atom. The van der Waals surface area contributed by atoms with E-state index < -0.39 is 0 Å². The summed E-state index contributed by atoms with van der Waals surface area (Å²) < 4.78 is 0. The van der Waals surface area contributed by atoms with Crippen LogP contribution in [0.1, 0.15) is 115 Å². The highest BCUT2D eigenvalue weighted by molar-refractivity contribution is 5.77. The molecule has 8 aromatic carbocycles. The second kappa shape index (κ2) is 30.0. The monoisotopic (exact) mass is 950 g/mol. The topological polar surface area (TPSA) is 26.0 Å². The molecule has 372 valence electrons. The van der Waals surface area contributed by atoms with Gasteiger partial charge in [0.2, 0.25) is 0 Å². The number of aryl methyl sites for hydroxylation is 8. The molecule has 1 unspecified atom stereocenters. The summed E-state index contributed by atoms with van der Waals surface area (Å²) in [6.45, 7) is 29.6. The van der Waals surface area contributed by atoms with Crippen molar-refractivity contribution >= 4 is 11.1 Å². The lowest BCUT2D eigenvalue weighted by molar-refractivity contribution is 0.886. The maximum atomic E-state index is 4.50. The minimum absolute atomic E-state index is 0.428. The van der Waals surface area contributed by atoms with Crippen molar-refractivity contribution in [3.05, 3.63) is 274 Å². The quantitative estimate of drug-likeness (QED) is 0.161. The molecule has 0 amide bonds. The van der Waals surface area contributed by atoms with Crippen LogP contribution in [0, 0.1) is 48.5 Å². The van der Waals surface area contributed by atoms with Crippen molar-refractivity contribution < 1.29 is 0 Å². The summed E-state index contributed by atoms with van der Waals surface area (Å²) in [6.07, 6.45) is 8.23. The molecule has 0 bridgehead atoms. The second-order valence-corrected chi connectivity index (χ2v) is 18.6. The van der Waals surface area contributed by atoms with Crippen LogP contribution in [-0.2, 0) is 6.42 Å². The minimum atomic E-state index is 0.428. The molecule has 8 aromatic rings. The zero-order valence-electron chi connectivity index (χ0n) is 46.0. The van der Waals surface area contributed by atoms with E-state index in [2.05, 4.69) is 269 Å². The van der Waals surface area contributed by atoms with Gasteiger partial charge in [0, 0.05) is 5.92 Å². The van der Waals surface area contributed by atoms with Crippen LogP contribution in [0.3, 0.4) is 0 Å². The van der Waals surface area contributed by atoms with E-state index in [0.29, 0.717) is 5.92 Å². The van der Waals surface area contributed by atoms with Crippen molar-refractivity contribution in [1.82, 2.24) is 0 Å². The standard InChI is InChI=1S/C29H30.C21H20.C10H12.C8H10.C2H6.CH5N/c1-20-9-7-11-24(17-20)23(4)25-12-8-13-26(19-25)27-15-16-29(22(3)18-27)28-14-6-5-10-21(28)2;1-15-8-10-18(11-9-15)19-12-13-21(17(3)14-19)20-7-5-4-6-16(20)2;1-8(2)10-6-4-5-9(3)7-10;1-2-8-6-4-3-5-7-8;2*1-2/h5-7,9-12,14-19,23H,8,13H2,1-4H3;4-14H,1-3H3;4-7H,1H2,2-3H3;3-7H,2H2,1H3;1-2H3;2H2,1H3. The van der Waals surface area contributed by atoms with Crippen molar-refractivity contribution in [3.63, 3.8) is 0 Å². The Labute approximate surface area is 437 Å². The molecule has 0 saturated carbocycles. The molecule has 0 saturated heterocycles. The fourth-order valence-electron chi connectivity index (χ4n) is 8.82. The first-order valence-electron chi connectivity index (χ1n) is 26.0. The highest BCUT2D eigenvalue weighted by atomic mass is 14.4. The molecule has 0 spiro atoms. The van der Waals surface area contributed by atoms with Crippen molar-refractivity contribution in [1.29, 1.82) is 0 Å². The molecule has 72 heavy (non-hydrogen) atoms. The molecule has 0 aromatic heterocycles. The Morgan fingerprint density at radius 1 is 0.486 bits per heavy atom. The van der Waals surface area contributed by atoms with Crippen LogP contribution in [0.4, 0.5) is 0 Å². The van der Waals surface area contributed by atoms with E-state index in [1.165, 1.54) is 113 Å². The summed E-state index contributed by atoms with van der Waals surface area (Å²) in [6, 6.07) is 67.4. The number of hydrogen-bond acceptors (Lipinski definition) is 1. The zero-order chi connectivity index (χ0) is 52.6. The smallest absolute Gasteiger partial charge is 0.00580 e. The fraction of sp³-hybridized carbons (Fsp3) is 0.239. The van der Waals surface area contributed by atoms with E-state index in [-0.39, 0.29) is 0 Å². The van der Waals surface area contributed by atoms with Gasteiger partial charge >= 0.3 is 0 Å². The van der Waals surface area contributed by atoms with E-state index in [4.69, 9.17) is 0 Å². The number of benzene rings is 8. The average Bonchev–Trinajstić information content (AvgIpc) is 3.41. The zero-order valence-corrected chi connectivity index (χ0v) is 46.0. The Bertz CT molecular complexity index is 2980. The fourth-order valence-corrected chi connectivity index (χ4v) is 8.82. The van der Waals surface area contributed by atoms with E-state index >= 15 is 0 Å². The van der Waals surface area contributed by atoms with Gasteiger partial charge in [-0.25, -0.2) is 0 Å². The maximum Gasteiger partial charge on any atom is 0.00580 e. The third-order valence-corrected chi connectivity index (χ3v) is 13.0. The predicted molar refractivity (Wildman–Crippen MR) is 321 cm³/mol.